The average molecular weight is 461 g/mol. The number of para-hydroxylation sites is 3. The first kappa shape index (κ1) is 22.4. The van der Waals surface area contributed by atoms with Gasteiger partial charge in [0, 0.05) is 32.1 Å². The van der Waals surface area contributed by atoms with Crippen molar-refractivity contribution in [2.45, 2.75) is 38.0 Å². The first-order valence-electron chi connectivity index (χ1n) is 12.4. The maximum absolute atomic E-state index is 13.4. The fourth-order valence-electron chi connectivity index (χ4n) is 5.16. The number of imidazole rings is 1. The van der Waals surface area contributed by atoms with Gasteiger partial charge in [0.1, 0.15) is 11.6 Å². The van der Waals surface area contributed by atoms with Crippen LogP contribution in [0.1, 0.15) is 43.8 Å². The van der Waals surface area contributed by atoms with Crippen molar-refractivity contribution >= 4 is 22.8 Å². The summed E-state index contributed by atoms with van der Waals surface area (Å²) in [5.41, 5.74) is 2.01. The van der Waals surface area contributed by atoms with E-state index in [1.54, 1.807) is 0 Å². The van der Waals surface area contributed by atoms with Crippen LogP contribution in [0, 0.1) is 5.92 Å². The van der Waals surface area contributed by atoms with Gasteiger partial charge in [-0.15, -0.1) is 0 Å². The van der Waals surface area contributed by atoms with Gasteiger partial charge in [-0.05, 0) is 49.9 Å². The molecule has 34 heavy (non-hydrogen) atoms. The summed E-state index contributed by atoms with van der Waals surface area (Å²) in [5.74, 6) is 2.08. The Bertz CT molecular complexity index is 1100. The number of likely N-dealkylation sites (tertiary alicyclic amines) is 2. The molecule has 2 aliphatic rings. The van der Waals surface area contributed by atoms with Crippen molar-refractivity contribution in [1.29, 1.82) is 0 Å². The summed E-state index contributed by atoms with van der Waals surface area (Å²) < 4.78 is 5.68. The van der Waals surface area contributed by atoms with Crippen LogP contribution in [0.25, 0.3) is 11.0 Å². The van der Waals surface area contributed by atoms with Gasteiger partial charge >= 0.3 is 0 Å². The largest absolute Gasteiger partial charge is 0.493 e. The Morgan fingerprint density at radius 1 is 0.941 bits per heavy atom. The Hall–Kier alpha value is -3.35. The quantitative estimate of drug-likeness (QED) is 0.604. The summed E-state index contributed by atoms with van der Waals surface area (Å²) in [6.45, 7) is 3.05. The zero-order valence-electron chi connectivity index (χ0n) is 19.5. The Labute approximate surface area is 200 Å². The maximum atomic E-state index is 13.4. The number of amides is 2. The van der Waals surface area contributed by atoms with E-state index in [1.165, 1.54) is 0 Å². The van der Waals surface area contributed by atoms with E-state index in [0.717, 1.165) is 61.4 Å². The van der Waals surface area contributed by atoms with Gasteiger partial charge in [-0.3, -0.25) is 9.59 Å². The SMILES string of the molecule is O=C(CCOc1ccccc1)N1CCCC(C(=O)N2CCCC(c3nc4ccccc4[nH]3)C2)C1. The van der Waals surface area contributed by atoms with Crippen LogP contribution in [0.5, 0.6) is 5.75 Å². The molecule has 2 aliphatic heterocycles. The lowest BCUT2D eigenvalue weighted by molar-refractivity contribution is -0.142. The summed E-state index contributed by atoms with van der Waals surface area (Å²) in [6.07, 6.45) is 4.03. The van der Waals surface area contributed by atoms with E-state index in [4.69, 9.17) is 9.72 Å². The third kappa shape index (κ3) is 5.08. The smallest absolute Gasteiger partial charge is 0.227 e. The molecule has 0 saturated carbocycles. The van der Waals surface area contributed by atoms with Crippen molar-refractivity contribution in [3.8, 4) is 5.75 Å². The highest BCUT2D eigenvalue weighted by Crippen LogP contribution is 2.29. The molecular formula is C27H32N4O3. The Kier molecular flexibility index (Phi) is 6.79. The highest BCUT2D eigenvalue weighted by atomic mass is 16.5. The zero-order valence-corrected chi connectivity index (χ0v) is 19.5. The van der Waals surface area contributed by atoms with E-state index in [0.29, 0.717) is 26.1 Å². The number of rotatable bonds is 6. The molecule has 5 rings (SSSR count). The van der Waals surface area contributed by atoms with E-state index in [1.807, 2.05) is 64.4 Å². The third-order valence-corrected chi connectivity index (χ3v) is 6.98. The molecule has 1 N–H and O–H groups in total. The van der Waals surface area contributed by atoms with Gasteiger partial charge < -0.3 is 19.5 Å². The molecular weight excluding hydrogens is 428 g/mol. The first-order valence-corrected chi connectivity index (χ1v) is 12.4. The highest BCUT2D eigenvalue weighted by molar-refractivity contribution is 5.82. The zero-order chi connectivity index (χ0) is 23.3. The third-order valence-electron chi connectivity index (χ3n) is 6.98. The van der Waals surface area contributed by atoms with Crippen LogP contribution in [-0.4, -0.2) is 64.4 Å². The summed E-state index contributed by atoms with van der Waals surface area (Å²) in [6, 6.07) is 17.6. The fourth-order valence-corrected chi connectivity index (χ4v) is 5.16. The number of carbonyl (C=O) groups is 2. The van der Waals surface area contributed by atoms with Crippen LogP contribution in [0.15, 0.2) is 54.6 Å². The number of nitrogens with zero attached hydrogens (tertiary/aromatic N) is 3. The van der Waals surface area contributed by atoms with Crippen LogP contribution in [0.3, 0.4) is 0 Å². The molecule has 2 saturated heterocycles. The number of fused-ring (bicyclic) bond motifs is 1. The molecule has 2 fully saturated rings. The van der Waals surface area contributed by atoms with Crippen molar-refractivity contribution in [2.24, 2.45) is 5.92 Å². The Morgan fingerprint density at radius 2 is 1.71 bits per heavy atom. The van der Waals surface area contributed by atoms with Crippen LogP contribution in [-0.2, 0) is 9.59 Å². The number of nitrogens with one attached hydrogen (secondary N) is 1. The fraction of sp³-hybridized carbons (Fsp3) is 0.444. The van der Waals surface area contributed by atoms with E-state index >= 15 is 0 Å². The molecule has 0 spiro atoms. The topological polar surface area (TPSA) is 78.5 Å². The number of aromatic nitrogens is 2. The molecule has 7 heteroatoms. The number of H-pyrrole nitrogens is 1. The molecule has 0 radical (unpaired) electrons. The van der Waals surface area contributed by atoms with Gasteiger partial charge in [-0.1, -0.05) is 30.3 Å². The van der Waals surface area contributed by atoms with Crippen LogP contribution in [0.2, 0.25) is 0 Å². The second kappa shape index (κ2) is 10.3. The molecule has 2 aromatic carbocycles. The number of carbonyl (C=O) groups excluding carboxylic acids is 2. The van der Waals surface area contributed by atoms with E-state index in [-0.39, 0.29) is 23.7 Å². The van der Waals surface area contributed by atoms with Gasteiger partial charge in [-0.2, -0.15) is 0 Å². The standard InChI is InChI=1S/C27H32N4O3/c32-25(14-17-34-22-10-2-1-3-11-22)30-15-7-9-21(19-30)27(33)31-16-6-8-20(18-31)26-28-23-12-4-5-13-24(23)29-26/h1-5,10-13,20-21H,6-9,14-19H2,(H,28,29). The highest BCUT2D eigenvalue weighted by Gasteiger charge is 2.34. The maximum Gasteiger partial charge on any atom is 0.227 e. The number of aromatic amines is 1. The lowest BCUT2D eigenvalue weighted by Crippen LogP contribution is -2.49. The van der Waals surface area contributed by atoms with Crippen molar-refractivity contribution in [1.82, 2.24) is 19.8 Å². The van der Waals surface area contributed by atoms with Crippen LogP contribution >= 0.6 is 0 Å². The van der Waals surface area contributed by atoms with Crippen molar-refractivity contribution < 1.29 is 14.3 Å². The molecule has 3 heterocycles. The summed E-state index contributed by atoms with van der Waals surface area (Å²) in [5, 5.41) is 0. The number of piperidine rings is 2. The predicted octanol–water partition coefficient (Wildman–Crippen LogP) is 3.98. The molecule has 7 nitrogen and oxygen atoms in total. The van der Waals surface area contributed by atoms with Crippen molar-refractivity contribution in [3.63, 3.8) is 0 Å². The Balaban J connectivity index is 1.15. The molecule has 3 aromatic rings. The number of hydrogen-bond acceptors (Lipinski definition) is 4. The minimum absolute atomic E-state index is 0.0622. The Morgan fingerprint density at radius 3 is 2.56 bits per heavy atom. The number of ether oxygens (including phenoxy) is 1. The second-order valence-corrected chi connectivity index (χ2v) is 9.35. The van der Waals surface area contributed by atoms with E-state index < -0.39 is 0 Å². The van der Waals surface area contributed by atoms with Gasteiger partial charge in [0.15, 0.2) is 0 Å². The lowest BCUT2D eigenvalue weighted by Gasteiger charge is -2.38. The minimum Gasteiger partial charge on any atom is -0.493 e. The van der Waals surface area contributed by atoms with Crippen molar-refractivity contribution in [2.75, 3.05) is 32.8 Å². The van der Waals surface area contributed by atoms with Gasteiger partial charge in [0.2, 0.25) is 11.8 Å². The molecule has 2 amide bonds. The average Bonchev–Trinajstić information content (AvgIpc) is 3.33. The summed E-state index contributed by atoms with van der Waals surface area (Å²) in [4.78, 5) is 38.2. The minimum atomic E-state index is -0.123. The molecule has 1 aromatic heterocycles. The second-order valence-electron chi connectivity index (χ2n) is 9.35. The lowest BCUT2D eigenvalue weighted by atomic mass is 9.92. The predicted molar refractivity (Wildman–Crippen MR) is 131 cm³/mol. The van der Waals surface area contributed by atoms with Gasteiger partial charge in [-0.25, -0.2) is 4.98 Å². The summed E-state index contributed by atoms with van der Waals surface area (Å²) >= 11 is 0. The molecule has 2 atom stereocenters. The normalized spacial score (nSPS) is 20.9. The molecule has 0 bridgehead atoms. The summed E-state index contributed by atoms with van der Waals surface area (Å²) in [7, 11) is 0. The van der Waals surface area contributed by atoms with E-state index in [9.17, 15) is 9.59 Å². The van der Waals surface area contributed by atoms with Crippen molar-refractivity contribution in [3.05, 3.63) is 60.4 Å². The van der Waals surface area contributed by atoms with Crippen LogP contribution < -0.4 is 4.74 Å². The van der Waals surface area contributed by atoms with Crippen LogP contribution in [0.4, 0.5) is 0 Å². The first-order chi connectivity index (χ1) is 16.7. The monoisotopic (exact) mass is 460 g/mol. The molecule has 0 aliphatic carbocycles. The van der Waals surface area contributed by atoms with Gasteiger partial charge in [0.25, 0.3) is 0 Å². The number of hydrogen-bond donors (Lipinski definition) is 1. The van der Waals surface area contributed by atoms with Gasteiger partial charge in [0.05, 0.1) is 30.0 Å². The van der Waals surface area contributed by atoms with E-state index in [2.05, 4.69) is 4.98 Å². The molecule has 2 unspecified atom stereocenters. The number of benzene rings is 2. The molecule has 178 valence electrons.